The molecular weight excluding hydrogens is 367 g/mol. The molecule has 0 unspecified atom stereocenters. The number of nitrogens with zero attached hydrogens (tertiary/aromatic N) is 1. The van der Waals surface area contributed by atoms with Crippen molar-refractivity contribution in [1.82, 2.24) is 4.98 Å². The minimum absolute atomic E-state index is 0.269. The highest BCUT2D eigenvalue weighted by Crippen LogP contribution is 2.29. The van der Waals surface area contributed by atoms with Crippen LogP contribution in [0.1, 0.15) is 12.5 Å². The molecule has 0 aliphatic carbocycles. The molecule has 0 fully saturated rings. The van der Waals surface area contributed by atoms with Crippen LogP contribution in [-0.4, -0.2) is 16.3 Å². The summed E-state index contributed by atoms with van der Waals surface area (Å²) in [6.45, 7) is 2.07. The number of ether oxygens (including phenoxy) is 1. The van der Waals surface area contributed by atoms with Crippen LogP contribution < -0.4 is 10.1 Å². The van der Waals surface area contributed by atoms with Gasteiger partial charge in [0.25, 0.3) is 0 Å². The summed E-state index contributed by atoms with van der Waals surface area (Å²) in [5.74, 6) is 0.472. The number of hydrogen-bond acceptors (Lipinski definition) is 4. The van der Waals surface area contributed by atoms with Crippen LogP contribution in [0.2, 0.25) is 5.02 Å². The molecule has 0 bridgehead atoms. The molecule has 1 N–H and O–H groups in total. The van der Waals surface area contributed by atoms with Crippen molar-refractivity contribution < 1.29 is 9.53 Å². The number of alkyl halides is 1. The predicted octanol–water partition coefficient (Wildman–Crippen LogP) is 5.09. The van der Waals surface area contributed by atoms with Gasteiger partial charge in [0.15, 0.2) is 5.13 Å². The first-order chi connectivity index (χ1) is 11.5. The summed E-state index contributed by atoms with van der Waals surface area (Å²) in [6.07, 6.45) is 0. The topological polar surface area (TPSA) is 51.2 Å². The first-order valence-corrected chi connectivity index (χ1v) is 8.87. The normalized spacial score (nSPS) is 12.1. The van der Waals surface area contributed by atoms with Gasteiger partial charge in [-0.3, -0.25) is 4.79 Å². The maximum Gasteiger partial charge on any atom is 0.243 e. The summed E-state index contributed by atoms with van der Waals surface area (Å²) >= 11 is 13.0. The van der Waals surface area contributed by atoms with Crippen molar-refractivity contribution in [2.45, 2.75) is 18.9 Å². The van der Waals surface area contributed by atoms with Crippen LogP contribution in [-0.2, 0) is 11.4 Å². The van der Waals surface area contributed by atoms with Gasteiger partial charge in [-0.1, -0.05) is 35.1 Å². The zero-order valence-corrected chi connectivity index (χ0v) is 15.1. The zero-order valence-electron chi connectivity index (χ0n) is 12.8. The van der Waals surface area contributed by atoms with Crippen molar-refractivity contribution in [1.29, 1.82) is 0 Å². The Bertz CT molecular complexity index is 863. The molecular formula is C17H14Cl2N2O2S. The molecule has 3 aromatic rings. The quantitative estimate of drug-likeness (QED) is 0.626. The lowest BCUT2D eigenvalue weighted by atomic mass is 10.2. The van der Waals surface area contributed by atoms with Gasteiger partial charge in [0, 0.05) is 5.02 Å². The molecule has 1 atom stereocenters. The van der Waals surface area contributed by atoms with E-state index in [9.17, 15) is 4.79 Å². The maximum absolute atomic E-state index is 11.6. The minimum Gasteiger partial charge on any atom is -0.489 e. The van der Waals surface area contributed by atoms with E-state index in [0.717, 1.165) is 21.5 Å². The molecule has 1 aromatic heterocycles. The second-order valence-corrected chi connectivity index (χ2v) is 7.29. The van der Waals surface area contributed by atoms with Crippen LogP contribution in [0.4, 0.5) is 5.13 Å². The van der Waals surface area contributed by atoms with E-state index in [0.29, 0.717) is 16.8 Å². The van der Waals surface area contributed by atoms with Crippen LogP contribution >= 0.6 is 34.5 Å². The molecule has 0 aliphatic rings. The number of benzene rings is 2. The first kappa shape index (κ1) is 17.0. The number of halogens is 2. The highest BCUT2D eigenvalue weighted by molar-refractivity contribution is 7.22. The molecule has 124 valence electrons. The van der Waals surface area contributed by atoms with Crippen molar-refractivity contribution in [2.75, 3.05) is 5.32 Å². The molecule has 0 aliphatic heterocycles. The van der Waals surface area contributed by atoms with Crippen LogP contribution in [0, 0.1) is 0 Å². The van der Waals surface area contributed by atoms with Crippen LogP contribution in [0.15, 0.2) is 42.5 Å². The van der Waals surface area contributed by atoms with E-state index < -0.39 is 5.38 Å². The number of amides is 1. The number of nitrogens with one attached hydrogen (secondary N) is 1. The molecule has 0 spiro atoms. The molecule has 1 amide bonds. The van der Waals surface area contributed by atoms with Crippen LogP contribution in [0.3, 0.4) is 0 Å². The summed E-state index contributed by atoms with van der Waals surface area (Å²) in [7, 11) is 0. The van der Waals surface area contributed by atoms with Gasteiger partial charge in [0.05, 0.1) is 10.2 Å². The second kappa shape index (κ2) is 7.38. The Morgan fingerprint density at radius 2 is 2.04 bits per heavy atom. The Morgan fingerprint density at radius 1 is 1.29 bits per heavy atom. The van der Waals surface area contributed by atoms with Crippen molar-refractivity contribution in [3.05, 3.63) is 53.1 Å². The molecule has 24 heavy (non-hydrogen) atoms. The lowest BCUT2D eigenvalue weighted by molar-refractivity contribution is -0.115. The van der Waals surface area contributed by atoms with Gasteiger partial charge in [-0.25, -0.2) is 4.98 Å². The van der Waals surface area contributed by atoms with E-state index in [1.807, 2.05) is 42.5 Å². The van der Waals surface area contributed by atoms with Gasteiger partial charge in [-0.2, -0.15) is 0 Å². The number of aromatic nitrogens is 1. The number of carbonyl (C=O) groups excluding carboxylic acids is 1. The van der Waals surface area contributed by atoms with E-state index in [1.54, 1.807) is 6.92 Å². The van der Waals surface area contributed by atoms with Crippen molar-refractivity contribution in [3.63, 3.8) is 0 Å². The summed E-state index contributed by atoms with van der Waals surface area (Å²) in [5.41, 5.74) is 1.84. The van der Waals surface area contributed by atoms with Gasteiger partial charge >= 0.3 is 0 Å². The Labute approximate surface area is 153 Å². The number of rotatable bonds is 5. The largest absolute Gasteiger partial charge is 0.489 e. The molecule has 0 radical (unpaired) electrons. The molecule has 3 rings (SSSR count). The monoisotopic (exact) mass is 380 g/mol. The third-order valence-corrected chi connectivity index (χ3v) is 4.65. The van der Waals surface area contributed by atoms with Crippen molar-refractivity contribution in [3.8, 4) is 5.75 Å². The van der Waals surface area contributed by atoms with Crippen LogP contribution in [0.25, 0.3) is 10.2 Å². The molecule has 2 aromatic carbocycles. The summed E-state index contributed by atoms with van der Waals surface area (Å²) in [4.78, 5) is 16.0. The van der Waals surface area contributed by atoms with Gasteiger partial charge < -0.3 is 10.1 Å². The fourth-order valence-corrected chi connectivity index (χ4v) is 3.08. The van der Waals surface area contributed by atoms with E-state index in [4.69, 9.17) is 27.9 Å². The molecule has 7 heteroatoms. The highest BCUT2D eigenvalue weighted by atomic mass is 35.5. The number of anilines is 1. The third kappa shape index (κ3) is 4.17. The number of fused-ring (bicyclic) bond motifs is 1. The SMILES string of the molecule is C[C@@H](Cl)C(=O)Nc1nc2ccc(OCc3ccc(Cl)cc3)cc2s1. The Balaban J connectivity index is 1.71. The highest BCUT2D eigenvalue weighted by Gasteiger charge is 2.12. The third-order valence-electron chi connectivity index (χ3n) is 3.27. The van der Waals surface area contributed by atoms with E-state index in [-0.39, 0.29) is 5.91 Å². The zero-order chi connectivity index (χ0) is 17.1. The van der Waals surface area contributed by atoms with Gasteiger partial charge in [-0.05, 0) is 42.8 Å². The summed E-state index contributed by atoms with van der Waals surface area (Å²) < 4.78 is 6.73. The minimum atomic E-state index is -0.602. The lowest BCUT2D eigenvalue weighted by Crippen LogP contribution is -2.19. The van der Waals surface area contributed by atoms with Crippen LogP contribution in [0.5, 0.6) is 5.75 Å². The first-order valence-electron chi connectivity index (χ1n) is 7.24. The molecule has 4 nitrogen and oxygen atoms in total. The standard InChI is InChI=1S/C17H14Cl2N2O2S/c1-10(18)16(22)21-17-20-14-7-6-13(8-15(14)24-17)23-9-11-2-4-12(19)5-3-11/h2-8,10H,9H2,1H3,(H,20,21,22)/t10-/m1/s1. The van der Waals surface area contributed by atoms with E-state index in [1.165, 1.54) is 11.3 Å². The van der Waals surface area contributed by atoms with Gasteiger partial charge in [0.2, 0.25) is 5.91 Å². The second-order valence-electron chi connectivity index (χ2n) is 5.17. The number of hydrogen-bond donors (Lipinski definition) is 1. The van der Waals surface area contributed by atoms with E-state index >= 15 is 0 Å². The smallest absolute Gasteiger partial charge is 0.243 e. The Morgan fingerprint density at radius 3 is 2.75 bits per heavy atom. The average molecular weight is 381 g/mol. The van der Waals surface area contributed by atoms with Gasteiger partial charge in [-0.15, -0.1) is 11.6 Å². The van der Waals surface area contributed by atoms with Crippen molar-refractivity contribution in [2.24, 2.45) is 0 Å². The average Bonchev–Trinajstić information content (AvgIpc) is 2.95. The van der Waals surface area contributed by atoms with Crippen molar-refractivity contribution >= 4 is 55.8 Å². The molecule has 0 saturated heterocycles. The Hall–Kier alpha value is -1.82. The number of thiazole rings is 1. The molecule has 0 saturated carbocycles. The number of carbonyl (C=O) groups is 1. The summed E-state index contributed by atoms with van der Waals surface area (Å²) in [5, 5.41) is 3.32. The Kier molecular flexibility index (Phi) is 5.23. The van der Waals surface area contributed by atoms with Gasteiger partial charge in [0.1, 0.15) is 17.7 Å². The fourth-order valence-electron chi connectivity index (χ4n) is 2.00. The maximum atomic E-state index is 11.6. The predicted molar refractivity (Wildman–Crippen MR) is 99.3 cm³/mol. The van der Waals surface area contributed by atoms with E-state index in [2.05, 4.69) is 10.3 Å². The molecule has 1 heterocycles. The lowest BCUT2D eigenvalue weighted by Gasteiger charge is -2.06. The summed E-state index contributed by atoms with van der Waals surface area (Å²) in [6, 6.07) is 13.1. The fraction of sp³-hybridized carbons (Fsp3) is 0.176.